The molecule has 3 N–H and O–H groups in total. The molecule has 8 heteroatoms. The van der Waals surface area contributed by atoms with Crippen molar-refractivity contribution in [3.63, 3.8) is 0 Å². The second kappa shape index (κ2) is 7.67. The summed E-state index contributed by atoms with van der Waals surface area (Å²) in [6, 6.07) is 11.7. The van der Waals surface area contributed by atoms with Gasteiger partial charge in [-0.05, 0) is 44.2 Å². The van der Waals surface area contributed by atoms with E-state index < -0.39 is 10.0 Å². The molecule has 3 rings (SSSR count). The number of fused-ring (bicyclic) bond motifs is 1. The number of ether oxygens (including phenoxy) is 1. The molecular formula is C18H22N4O3S. The van der Waals surface area contributed by atoms with Gasteiger partial charge in [0.25, 0.3) is 0 Å². The van der Waals surface area contributed by atoms with Crippen LogP contribution in [0.4, 0.5) is 11.6 Å². The maximum Gasteiger partial charge on any atom is 0.238 e. The number of hydrogen-bond donors (Lipinski definition) is 2. The van der Waals surface area contributed by atoms with Gasteiger partial charge in [-0.25, -0.2) is 23.5 Å². The largest absolute Gasteiger partial charge is 0.489 e. The van der Waals surface area contributed by atoms with Gasteiger partial charge < -0.3 is 10.1 Å². The third-order valence-electron chi connectivity index (χ3n) is 3.38. The maximum absolute atomic E-state index is 11.3. The Kier molecular flexibility index (Phi) is 5.79. The Balaban J connectivity index is 0.00000243. The van der Waals surface area contributed by atoms with E-state index in [-0.39, 0.29) is 18.4 Å². The predicted octanol–water partition coefficient (Wildman–Crippen LogP) is 3.44. The predicted molar refractivity (Wildman–Crippen MR) is 103 cm³/mol. The average Bonchev–Trinajstić information content (AvgIpc) is 2.54. The molecule has 1 heterocycles. The van der Waals surface area contributed by atoms with E-state index in [0.29, 0.717) is 22.9 Å². The zero-order valence-electron chi connectivity index (χ0n) is 13.8. The highest BCUT2D eigenvalue weighted by Gasteiger charge is 2.09. The summed E-state index contributed by atoms with van der Waals surface area (Å²) in [5.74, 6) is 1.07. The van der Waals surface area contributed by atoms with E-state index in [1.165, 1.54) is 12.1 Å². The molecule has 0 saturated heterocycles. The van der Waals surface area contributed by atoms with Crippen LogP contribution in [-0.2, 0) is 10.0 Å². The number of rotatable bonds is 5. The minimum absolute atomic E-state index is 0. The van der Waals surface area contributed by atoms with Crippen molar-refractivity contribution in [3.8, 4) is 5.75 Å². The Morgan fingerprint density at radius 2 is 1.81 bits per heavy atom. The maximum atomic E-state index is 11.3. The number of nitrogens with zero attached hydrogens (tertiary/aromatic N) is 2. The van der Waals surface area contributed by atoms with E-state index in [1.807, 2.05) is 32.0 Å². The summed E-state index contributed by atoms with van der Waals surface area (Å²) >= 11 is 0. The van der Waals surface area contributed by atoms with Gasteiger partial charge in [0.05, 0.1) is 11.0 Å². The molecule has 3 aromatic rings. The van der Waals surface area contributed by atoms with Gasteiger partial charge >= 0.3 is 0 Å². The lowest BCUT2D eigenvalue weighted by atomic mass is 10.2. The van der Waals surface area contributed by atoms with E-state index in [0.717, 1.165) is 5.39 Å². The molecule has 2 aromatic carbocycles. The van der Waals surface area contributed by atoms with Gasteiger partial charge in [-0.15, -0.1) is 0 Å². The lowest BCUT2D eigenvalue weighted by Gasteiger charge is -2.12. The van der Waals surface area contributed by atoms with Crippen molar-refractivity contribution < 1.29 is 13.2 Å². The van der Waals surface area contributed by atoms with Crippen LogP contribution in [0.3, 0.4) is 0 Å². The third kappa shape index (κ3) is 4.47. The van der Waals surface area contributed by atoms with E-state index in [2.05, 4.69) is 15.3 Å². The number of para-hydroxylation sites is 1. The van der Waals surface area contributed by atoms with Crippen LogP contribution < -0.4 is 15.2 Å². The van der Waals surface area contributed by atoms with E-state index in [9.17, 15) is 8.42 Å². The van der Waals surface area contributed by atoms with Crippen LogP contribution in [0.5, 0.6) is 5.75 Å². The molecule has 0 radical (unpaired) electrons. The average molecular weight is 374 g/mol. The fourth-order valence-electron chi connectivity index (χ4n) is 2.29. The van der Waals surface area contributed by atoms with Crippen molar-refractivity contribution in [1.29, 1.82) is 0 Å². The first-order chi connectivity index (χ1) is 11.8. The summed E-state index contributed by atoms with van der Waals surface area (Å²) < 4.78 is 28.4. The van der Waals surface area contributed by atoms with E-state index in [1.54, 1.807) is 18.3 Å². The monoisotopic (exact) mass is 374 g/mol. The van der Waals surface area contributed by atoms with Crippen LogP contribution in [0.15, 0.2) is 53.6 Å². The molecule has 0 aliphatic rings. The number of anilines is 2. The standard InChI is InChI=1S/C17H18N4O3S.CH4/c1-11(2)24-15-5-3-4-12-10-19-17(21-16(12)15)20-13-6-8-14(9-7-13)25(18,22)23;/h3-11H,1-2H3,(H2,18,22,23)(H,19,20,21);1H4. The van der Waals surface area contributed by atoms with Crippen LogP contribution in [0.25, 0.3) is 10.9 Å². The van der Waals surface area contributed by atoms with E-state index in [4.69, 9.17) is 9.88 Å². The summed E-state index contributed by atoms with van der Waals surface area (Å²) in [5, 5.41) is 9.00. The number of nitrogens with one attached hydrogen (secondary N) is 1. The molecule has 26 heavy (non-hydrogen) atoms. The molecule has 7 nitrogen and oxygen atoms in total. The van der Waals surface area contributed by atoms with Crippen molar-refractivity contribution in [3.05, 3.63) is 48.7 Å². The van der Waals surface area contributed by atoms with Crippen LogP contribution in [0.1, 0.15) is 21.3 Å². The van der Waals surface area contributed by atoms with Gasteiger partial charge in [-0.3, -0.25) is 0 Å². The number of nitrogens with two attached hydrogens (primary N) is 1. The van der Waals surface area contributed by atoms with Crippen molar-refractivity contribution in [1.82, 2.24) is 9.97 Å². The molecule has 0 fully saturated rings. The Bertz CT molecular complexity index is 1000. The minimum atomic E-state index is -3.71. The van der Waals surface area contributed by atoms with E-state index >= 15 is 0 Å². The SMILES string of the molecule is C.CC(C)Oc1cccc2cnc(Nc3ccc(S(N)(=O)=O)cc3)nc12. The smallest absolute Gasteiger partial charge is 0.238 e. The lowest BCUT2D eigenvalue weighted by Crippen LogP contribution is -2.11. The molecule has 0 saturated carbocycles. The van der Waals surface area contributed by atoms with Crippen LogP contribution >= 0.6 is 0 Å². The second-order valence-electron chi connectivity index (χ2n) is 5.75. The summed E-state index contributed by atoms with van der Waals surface area (Å²) in [6.07, 6.45) is 1.74. The molecule has 0 spiro atoms. The van der Waals surface area contributed by atoms with Gasteiger partial charge in [0.1, 0.15) is 11.3 Å². The van der Waals surface area contributed by atoms with Gasteiger partial charge in [-0.1, -0.05) is 19.6 Å². The normalized spacial score (nSPS) is 11.2. The molecule has 0 aliphatic heterocycles. The third-order valence-corrected chi connectivity index (χ3v) is 4.30. The Morgan fingerprint density at radius 1 is 1.12 bits per heavy atom. The number of sulfonamides is 1. The van der Waals surface area contributed by atoms with Crippen molar-refractivity contribution >= 4 is 32.6 Å². The number of benzene rings is 2. The molecule has 0 aliphatic carbocycles. The number of hydrogen-bond acceptors (Lipinski definition) is 6. The molecular weight excluding hydrogens is 352 g/mol. The molecule has 138 valence electrons. The summed E-state index contributed by atoms with van der Waals surface area (Å²) in [4.78, 5) is 8.82. The summed E-state index contributed by atoms with van der Waals surface area (Å²) in [7, 11) is -3.71. The van der Waals surface area contributed by atoms with Crippen molar-refractivity contribution in [2.24, 2.45) is 5.14 Å². The highest BCUT2D eigenvalue weighted by molar-refractivity contribution is 7.89. The molecule has 0 atom stereocenters. The first-order valence-electron chi connectivity index (χ1n) is 7.65. The first kappa shape index (κ1) is 19.6. The molecule has 0 unspecified atom stereocenters. The Hall–Kier alpha value is -2.71. The number of primary sulfonamides is 1. The van der Waals surface area contributed by atoms with Crippen LogP contribution in [-0.4, -0.2) is 24.5 Å². The summed E-state index contributed by atoms with van der Waals surface area (Å²) in [5.41, 5.74) is 1.35. The zero-order valence-corrected chi connectivity index (χ0v) is 14.6. The molecule has 0 amide bonds. The van der Waals surface area contributed by atoms with Gasteiger partial charge in [0.15, 0.2) is 0 Å². The second-order valence-corrected chi connectivity index (χ2v) is 7.31. The lowest BCUT2D eigenvalue weighted by molar-refractivity contribution is 0.245. The Morgan fingerprint density at radius 3 is 2.42 bits per heavy atom. The van der Waals surface area contributed by atoms with Crippen LogP contribution in [0, 0.1) is 0 Å². The topological polar surface area (TPSA) is 107 Å². The van der Waals surface area contributed by atoms with Gasteiger partial charge in [-0.2, -0.15) is 0 Å². The first-order valence-corrected chi connectivity index (χ1v) is 9.20. The molecule has 0 bridgehead atoms. The van der Waals surface area contributed by atoms with Crippen molar-refractivity contribution in [2.45, 2.75) is 32.3 Å². The van der Waals surface area contributed by atoms with Crippen molar-refractivity contribution in [2.75, 3.05) is 5.32 Å². The fraction of sp³-hybridized carbons (Fsp3) is 0.222. The van der Waals surface area contributed by atoms with Gasteiger partial charge in [0, 0.05) is 17.3 Å². The quantitative estimate of drug-likeness (QED) is 0.708. The summed E-state index contributed by atoms with van der Waals surface area (Å²) in [6.45, 7) is 3.90. The fourth-order valence-corrected chi connectivity index (χ4v) is 2.81. The highest BCUT2D eigenvalue weighted by Crippen LogP contribution is 2.26. The Labute approximate surface area is 153 Å². The minimum Gasteiger partial charge on any atom is -0.489 e. The van der Waals surface area contributed by atoms with Gasteiger partial charge in [0.2, 0.25) is 16.0 Å². The zero-order chi connectivity index (χ0) is 18.0. The molecule has 1 aromatic heterocycles. The highest BCUT2D eigenvalue weighted by atomic mass is 32.2. The number of aromatic nitrogens is 2. The van der Waals surface area contributed by atoms with Crippen LogP contribution in [0.2, 0.25) is 0 Å².